The predicted molar refractivity (Wildman–Crippen MR) is 81.7 cm³/mol. The second-order valence-corrected chi connectivity index (χ2v) is 5.39. The average molecular weight is 323 g/mol. The van der Waals surface area contributed by atoms with Gasteiger partial charge in [0.25, 0.3) is 5.91 Å². The van der Waals surface area contributed by atoms with Crippen LogP contribution in [0.2, 0.25) is 0 Å². The Kier molecular flexibility index (Phi) is 5.81. The molecule has 1 aromatic carbocycles. The fourth-order valence-corrected chi connectivity index (χ4v) is 2.46. The minimum atomic E-state index is -0.969. The third-order valence-electron chi connectivity index (χ3n) is 3.50. The summed E-state index contributed by atoms with van der Waals surface area (Å²) in [6, 6.07) is 6.94. The van der Waals surface area contributed by atoms with Crippen LogP contribution in [0.4, 0.5) is 0 Å². The molecule has 0 bridgehead atoms. The summed E-state index contributed by atoms with van der Waals surface area (Å²) in [5.74, 6) is -0.0692. The van der Waals surface area contributed by atoms with Gasteiger partial charge in [-0.1, -0.05) is 0 Å². The molecule has 1 aromatic rings. The quantitative estimate of drug-likeness (QED) is 0.747. The van der Waals surface area contributed by atoms with Crippen molar-refractivity contribution in [2.24, 2.45) is 0 Å². The first-order chi connectivity index (χ1) is 11.0. The molecule has 1 aliphatic rings. The normalized spacial score (nSPS) is 20.0. The molecule has 2 rings (SSSR count). The molecule has 0 spiro atoms. The first kappa shape index (κ1) is 17.1. The maximum atomic E-state index is 12.0. The van der Waals surface area contributed by atoms with E-state index >= 15 is 0 Å². The van der Waals surface area contributed by atoms with Crippen LogP contribution in [-0.4, -0.2) is 48.9 Å². The minimum absolute atomic E-state index is 0.165. The van der Waals surface area contributed by atoms with Gasteiger partial charge in [-0.2, -0.15) is 0 Å². The molecule has 1 aliphatic heterocycles. The molecule has 0 radical (unpaired) electrons. The van der Waals surface area contributed by atoms with E-state index in [2.05, 4.69) is 5.32 Å². The molecule has 2 N–H and O–H groups in total. The zero-order valence-corrected chi connectivity index (χ0v) is 13.0. The molecule has 0 aliphatic carbocycles. The molecule has 1 heterocycles. The Bertz CT molecular complexity index is 536. The van der Waals surface area contributed by atoms with Gasteiger partial charge in [-0.05, 0) is 37.6 Å². The van der Waals surface area contributed by atoms with E-state index in [1.54, 1.807) is 24.3 Å². The Hall–Kier alpha value is -2.28. The number of carbonyl (C=O) groups excluding carboxylic acids is 1. The second-order valence-electron chi connectivity index (χ2n) is 5.39. The van der Waals surface area contributed by atoms with Gasteiger partial charge in [0.05, 0.1) is 25.2 Å². The first-order valence-corrected chi connectivity index (χ1v) is 7.49. The van der Waals surface area contributed by atoms with Crippen LogP contribution in [0, 0.1) is 0 Å². The van der Waals surface area contributed by atoms with Crippen molar-refractivity contribution in [3.05, 3.63) is 24.3 Å². The van der Waals surface area contributed by atoms with E-state index in [1.807, 2.05) is 6.92 Å². The minimum Gasteiger partial charge on any atom is -0.494 e. The van der Waals surface area contributed by atoms with E-state index in [1.165, 1.54) is 0 Å². The van der Waals surface area contributed by atoms with Crippen LogP contribution in [0.5, 0.6) is 11.5 Å². The standard InChI is InChI=1S/C16H21NO6/c1-2-22-12-3-5-13(6-4-12)23-10-14(18)17-16(9-15(19)20)7-8-21-11-16/h3-6H,2,7-11H2,1H3,(H,17,18)(H,19,20). The second kappa shape index (κ2) is 7.82. The van der Waals surface area contributed by atoms with Gasteiger partial charge in [0.2, 0.25) is 0 Å². The van der Waals surface area contributed by atoms with Crippen molar-refractivity contribution >= 4 is 11.9 Å². The predicted octanol–water partition coefficient (Wildman–Crippen LogP) is 1.21. The van der Waals surface area contributed by atoms with Crippen molar-refractivity contribution in [3.8, 4) is 11.5 Å². The fourth-order valence-electron chi connectivity index (χ4n) is 2.46. The van der Waals surface area contributed by atoms with Gasteiger partial charge in [-0.25, -0.2) is 0 Å². The Balaban J connectivity index is 1.85. The smallest absolute Gasteiger partial charge is 0.305 e. The lowest BCUT2D eigenvalue weighted by molar-refractivity contribution is -0.139. The summed E-state index contributed by atoms with van der Waals surface area (Å²) in [6.45, 7) is 2.93. The number of carboxylic acids is 1. The number of ether oxygens (including phenoxy) is 3. The summed E-state index contributed by atoms with van der Waals surface area (Å²) < 4.78 is 16.0. The Morgan fingerprint density at radius 2 is 1.91 bits per heavy atom. The highest BCUT2D eigenvalue weighted by Gasteiger charge is 2.38. The van der Waals surface area contributed by atoms with Crippen LogP contribution in [0.25, 0.3) is 0 Å². The van der Waals surface area contributed by atoms with Gasteiger partial charge >= 0.3 is 5.97 Å². The van der Waals surface area contributed by atoms with Gasteiger partial charge in [-0.3, -0.25) is 9.59 Å². The Morgan fingerprint density at radius 3 is 2.43 bits per heavy atom. The number of carbonyl (C=O) groups is 2. The topological polar surface area (TPSA) is 94.1 Å². The number of aliphatic carboxylic acids is 1. The fraction of sp³-hybridized carbons (Fsp3) is 0.500. The zero-order valence-electron chi connectivity index (χ0n) is 13.0. The molecule has 1 atom stereocenters. The van der Waals surface area contributed by atoms with E-state index < -0.39 is 11.5 Å². The van der Waals surface area contributed by atoms with Crippen LogP contribution in [0.3, 0.4) is 0 Å². The maximum Gasteiger partial charge on any atom is 0.305 e. The van der Waals surface area contributed by atoms with E-state index in [0.29, 0.717) is 25.4 Å². The summed E-state index contributed by atoms with van der Waals surface area (Å²) in [5, 5.41) is 11.7. The van der Waals surface area contributed by atoms with Crippen LogP contribution < -0.4 is 14.8 Å². The van der Waals surface area contributed by atoms with E-state index in [4.69, 9.17) is 19.3 Å². The molecule has 126 valence electrons. The third kappa shape index (κ3) is 5.14. The number of hydrogen-bond donors (Lipinski definition) is 2. The van der Waals surface area contributed by atoms with E-state index in [0.717, 1.165) is 5.75 Å². The van der Waals surface area contributed by atoms with Crippen LogP contribution in [-0.2, 0) is 14.3 Å². The van der Waals surface area contributed by atoms with E-state index in [9.17, 15) is 9.59 Å². The Labute approximate surface area is 134 Å². The number of hydrogen-bond acceptors (Lipinski definition) is 5. The maximum absolute atomic E-state index is 12.0. The van der Waals surface area contributed by atoms with Crippen molar-refractivity contribution in [3.63, 3.8) is 0 Å². The van der Waals surface area contributed by atoms with E-state index in [-0.39, 0.29) is 25.5 Å². The van der Waals surface area contributed by atoms with Crippen molar-refractivity contribution < 1.29 is 28.9 Å². The first-order valence-electron chi connectivity index (χ1n) is 7.49. The summed E-state index contributed by atoms with van der Waals surface area (Å²) in [6.07, 6.45) is 0.315. The van der Waals surface area contributed by atoms with Crippen LogP contribution >= 0.6 is 0 Å². The third-order valence-corrected chi connectivity index (χ3v) is 3.50. The molecular weight excluding hydrogens is 302 g/mol. The van der Waals surface area contributed by atoms with Gasteiger partial charge in [0, 0.05) is 6.61 Å². The van der Waals surface area contributed by atoms with Crippen LogP contribution in [0.15, 0.2) is 24.3 Å². The lowest BCUT2D eigenvalue weighted by atomic mass is 9.94. The van der Waals surface area contributed by atoms with Crippen molar-refractivity contribution in [1.82, 2.24) is 5.32 Å². The molecule has 0 aromatic heterocycles. The molecule has 1 fully saturated rings. The molecule has 7 heteroatoms. The number of nitrogens with one attached hydrogen (secondary N) is 1. The molecular formula is C16H21NO6. The van der Waals surface area contributed by atoms with Gasteiger partial charge in [0.1, 0.15) is 11.5 Å². The van der Waals surface area contributed by atoms with Crippen molar-refractivity contribution in [2.75, 3.05) is 26.4 Å². The lowest BCUT2D eigenvalue weighted by Gasteiger charge is -2.26. The number of carboxylic acid groups (broad SMARTS) is 1. The Morgan fingerprint density at radius 1 is 1.26 bits per heavy atom. The highest BCUT2D eigenvalue weighted by atomic mass is 16.5. The molecule has 1 unspecified atom stereocenters. The summed E-state index contributed by atoms with van der Waals surface area (Å²) in [4.78, 5) is 23.0. The monoisotopic (exact) mass is 323 g/mol. The van der Waals surface area contributed by atoms with Crippen molar-refractivity contribution in [1.29, 1.82) is 0 Å². The molecule has 1 saturated heterocycles. The molecule has 23 heavy (non-hydrogen) atoms. The number of rotatable bonds is 8. The summed E-state index contributed by atoms with van der Waals surface area (Å²) in [5.41, 5.74) is -0.842. The van der Waals surface area contributed by atoms with Gasteiger partial charge in [-0.15, -0.1) is 0 Å². The highest BCUT2D eigenvalue weighted by Crippen LogP contribution is 2.23. The average Bonchev–Trinajstić information content (AvgIpc) is 2.94. The zero-order chi connectivity index (χ0) is 16.7. The van der Waals surface area contributed by atoms with Gasteiger partial charge in [0.15, 0.2) is 6.61 Å². The summed E-state index contributed by atoms with van der Waals surface area (Å²) >= 11 is 0. The number of amides is 1. The van der Waals surface area contributed by atoms with Crippen LogP contribution in [0.1, 0.15) is 19.8 Å². The SMILES string of the molecule is CCOc1ccc(OCC(=O)NC2(CC(=O)O)CCOC2)cc1. The highest BCUT2D eigenvalue weighted by molar-refractivity contribution is 5.79. The van der Waals surface area contributed by atoms with Gasteiger partial charge < -0.3 is 24.6 Å². The number of benzene rings is 1. The summed E-state index contributed by atoms with van der Waals surface area (Å²) in [7, 11) is 0. The molecule has 0 saturated carbocycles. The van der Waals surface area contributed by atoms with Crippen molar-refractivity contribution in [2.45, 2.75) is 25.3 Å². The molecule has 1 amide bonds. The largest absolute Gasteiger partial charge is 0.494 e. The molecule has 7 nitrogen and oxygen atoms in total. The lowest BCUT2D eigenvalue weighted by Crippen LogP contribution is -2.51.